The lowest BCUT2D eigenvalue weighted by molar-refractivity contribution is -0.123. The van der Waals surface area contributed by atoms with Crippen molar-refractivity contribution < 1.29 is 4.79 Å². The number of nitrogens with two attached hydrogens (primary N) is 1. The summed E-state index contributed by atoms with van der Waals surface area (Å²) in [7, 11) is 0. The molecule has 1 unspecified atom stereocenters. The lowest BCUT2D eigenvalue weighted by Crippen LogP contribution is -2.41. The molecule has 0 bridgehead atoms. The average Bonchev–Trinajstić information content (AvgIpc) is 3.18. The van der Waals surface area contributed by atoms with Gasteiger partial charge in [-0.3, -0.25) is 9.79 Å². The van der Waals surface area contributed by atoms with E-state index in [0.29, 0.717) is 0 Å². The Morgan fingerprint density at radius 2 is 1.93 bits per heavy atom. The number of hydrogen-bond donors (Lipinski definition) is 3. The van der Waals surface area contributed by atoms with E-state index in [1.807, 2.05) is 0 Å². The standard InChI is InChI=1S/C21H41N5O/c1-2-23-21(24-13-6-5-11-18-9-3-4-10-18)25-14-8-16-26-15-7-12-19(17-26)20(22)27/h18-19H,2-17H2,1H3,(H2,22,27)(H2,23,24,25). The Bertz CT molecular complexity index is 448. The molecule has 1 amide bonds. The molecule has 1 aliphatic carbocycles. The van der Waals surface area contributed by atoms with Crippen LogP contribution in [0, 0.1) is 11.8 Å². The number of piperidine rings is 1. The number of unbranched alkanes of at least 4 members (excludes halogenated alkanes) is 1. The van der Waals surface area contributed by atoms with Crippen LogP contribution in [0.25, 0.3) is 0 Å². The summed E-state index contributed by atoms with van der Waals surface area (Å²) in [6, 6.07) is 0. The van der Waals surface area contributed by atoms with Gasteiger partial charge in [0, 0.05) is 26.2 Å². The molecular formula is C21H41N5O. The van der Waals surface area contributed by atoms with Gasteiger partial charge in [0.25, 0.3) is 0 Å². The van der Waals surface area contributed by atoms with Gasteiger partial charge in [-0.15, -0.1) is 0 Å². The Hall–Kier alpha value is -1.30. The smallest absolute Gasteiger partial charge is 0.221 e. The average molecular weight is 380 g/mol. The highest BCUT2D eigenvalue weighted by atomic mass is 16.1. The van der Waals surface area contributed by atoms with Crippen LogP contribution >= 0.6 is 0 Å². The molecule has 156 valence electrons. The van der Waals surface area contributed by atoms with Crippen LogP contribution in [0.2, 0.25) is 0 Å². The molecule has 0 aromatic heterocycles. The molecular weight excluding hydrogens is 338 g/mol. The van der Waals surface area contributed by atoms with Crippen molar-refractivity contribution in [3.63, 3.8) is 0 Å². The summed E-state index contributed by atoms with van der Waals surface area (Å²) in [5, 5.41) is 6.81. The topological polar surface area (TPSA) is 82.8 Å². The zero-order chi connectivity index (χ0) is 19.3. The summed E-state index contributed by atoms with van der Waals surface area (Å²) in [4.78, 5) is 18.4. The highest BCUT2D eigenvalue weighted by molar-refractivity contribution is 5.79. The van der Waals surface area contributed by atoms with E-state index in [-0.39, 0.29) is 11.8 Å². The van der Waals surface area contributed by atoms with E-state index in [1.165, 1.54) is 44.9 Å². The molecule has 0 aromatic carbocycles. The van der Waals surface area contributed by atoms with Gasteiger partial charge in [-0.05, 0) is 51.6 Å². The molecule has 2 fully saturated rings. The second-order valence-electron chi connectivity index (χ2n) is 8.23. The molecule has 0 aromatic rings. The number of primary amides is 1. The maximum absolute atomic E-state index is 11.4. The quantitative estimate of drug-likeness (QED) is 0.293. The third-order valence-corrected chi connectivity index (χ3v) is 5.96. The maximum atomic E-state index is 11.4. The molecule has 1 aliphatic heterocycles. The fourth-order valence-corrected chi connectivity index (χ4v) is 4.38. The highest BCUT2D eigenvalue weighted by Crippen LogP contribution is 2.28. The van der Waals surface area contributed by atoms with Crippen molar-refractivity contribution in [3.8, 4) is 0 Å². The minimum absolute atomic E-state index is 0.0328. The van der Waals surface area contributed by atoms with Crippen molar-refractivity contribution in [2.45, 2.75) is 71.1 Å². The highest BCUT2D eigenvalue weighted by Gasteiger charge is 2.23. The second kappa shape index (κ2) is 13.0. The molecule has 2 rings (SSSR count). The van der Waals surface area contributed by atoms with E-state index in [2.05, 4.69) is 22.5 Å². The predicted molar refractivity (Wildman–Crippen MR) is 113 cm³/mol. The number of carbonyl (C=O) groups excluding carboxylic acids is 1. The molecule has 27 heavy (non-hydrogen) atoms. The van der Waals surface area contributed by atoms with Crippen LogP contribution < -0.4 is 16.4 Å². The van der Waals surface area contributed by atoms with Gasteiger partial charge in [0.05, 0.1) is 5.92 Å². The van der Waals surface area contributed by atoms with E-state index < -0.39 is 0 Å². The molecule has 6 heteroatoms. The fourth-order valence-electron chi connectivity index (χ4n) is 4.38. The first-order chi connectivity index (χ1) is 13.2. The lowest BCUT2D eigenvalue weighted by Gasteiger charge is -2.30. The number of nitrogens with one attached hydrogen (secondary N) is 2. The summed E-state index contributed by atoms with van der Waals surface area (Å²) in [6.07, 6.45) is 12.8. The van der Waals surface area contributed by atoms with Crippen LogP contribution in [-0.2, 0) is 4.79 Å². The molecule has 0 radical (unpaired) electrons. The number of nitrogens with zero attached hydrogens (tertiary/aromatic N) is 2. The van der Waals surface area contributed by atoms with Gasteiger partial charge in [-0.1, -0.05) is 38.5 Å². The van der Waals surface area contributed by atoms with Crippen LogP contribution in [0.5, 0.6) is 0 Å². The third-order valence-electron chi connectivity index (χ3n) is 5.96. The summed E-state index contributed by atoms with van der Waals surface area (Å²) in [5.41, 5.74) is 5.46. The van der Waals surface area contributed by atoms with Gasteiger partial charge in [0.15, 0.2) is 5.96 Å². The number of hydrogen-bond acceptors (Lipinski definition) is 3. The zero-order valence-corrected chi connectivity index (χ0v) is 17.3. The normalized spacial score (nSPS) is 22.1. The molecule has 1 saturated carbocycles. The number of rotatable bonds is 11. The van der Waals surface area contributed by atoms with Crippen molar-refractivity contribution in [3.05, 3.63) is 0 Å². The molecule has 6 nitrogen and oxygen atoms in total. The number of likely N-dealkylation sites (tertiary alicyclic amines) is 1. The van der Waals surface area contributed by atoms with E-state index in [1.54, 1.807) is 0 Å². The van der Waals surface area contributed by atoms with Crippen LogP contribution in [0.15, 0.2) is 4.99 Å². The minimum Gasteiger partial charge on any atom is -0.369 e. The van der Waals surface area contributed by atoms with E-state index >= 15 is 0 Å². The Kier molecular flexibility index (Phi) is 10.6. The summed E-state index contributed by atoms with van der Waals surface area (Å²) < 4.78 is 0. The molecule has 1 atom stereocenters. The van der Waals surface area contributed by atoms with Crippen LogP contribution in [0.4, 0.5) is 0 Å². The van der Waals surface area contributed by atoms with Gasteiger partial charge in [-0.25, -0.2) is 0 Å². The first-order valence-electron chi connectivity index (χ1n) is 11.2. The van der Waals surface area contributed by atoms with Crippen molar-refractivity contribution in [1.82, 2.24) is 15.5 Å². The second-order valence-corrected chi connectivity index (χ2v) is 8.23. The van der Waals surface area contributed by atoms with Gasteiger partial charge < -0.3 is 21.3 Å². The Morgan fingerprint density at radius 3 is 2.67 bits per heavy atom. The van der Waals surface area contributed by atoms with E-state index in [0.717, 1.165) is 70.4 Å². The molecule has 4 N–H and O–H groups in total. The van der Waals surface area contributed by atoms with Crippen LogP contribution in [0.1, 0.15) is 71.1 Å². The number of guanidine groups is 1. The third kappa shape index (κ3) is 8.96. The summed E-state index contributed by atoms with van der Waals surface area (Å²) in [5.74, 6) is 1.82. The monoisotopic (exact) mass is 379 g/mol. The molecule has 0 spiro atoms. The Morgan fingerprint density at radius 1 is 1.11 bits per heavy atom. The van der Waals surface area contributed by atoms with Gasteiger partial charge in [0.1, 0.15) is 0 Å². The first-order valence-corrected chi connectivity index (χ1v) is 11.2. The summed E-state index contributed by atoms with van der Waals surface area (Å²) in [6.45, 7) is 7.70. The predicted octanol–water partition coefficient (Wildman–Crippen LogP) is 2.49. The van der Waals surface area contributed by atoms with Crippen LogP contribution in [-0.4, -0.2) is 56.0 Å². The molecule has 2 aliphatic rings. The van der Waals surface area contributed by atoms with E-state index in [9.17, 15) is 4.79 Å². The van der Waals surface area contributed by atoms with Crippen LogP contribution in [0.3, 0.4) is 0 Å². The number of aliphatic imine (C=N–C) groups is 1. The van der Waals surface area contributed by atoms with Gasteiger partial charge in [0.2, 0.25) is 5.91 Å². The zero-order valence-electron chi connectivity index (χ0n) is 17.3. The largest absolute Gasteiger partial charge is 0.369 e. The van der Waals surface area contributed by atoms with E-state index in [4.69, 9.17) is 10.7 Å². The van der Waals surface area contributed by atoms with Crippen molar-refractivity contribution in [1.29, 1.82) is 0 Å². The van der Waals surface area contributed by atoms with Gasteiger partial charge >= 0.3 is 0 Å². The molecule has 1 heterocycles. The van der Waals surface area contributed by atoms with Crippen molar-refractivity contribution in [2.24, 2.45) is 22.6 Å². The van der Waals surface area contributed by atoms with Crippen molar-refractivity contribution >= 4 is 11.9 Å². The molecule has 1 saturated heterocycles. The maximum Gasteiger partial charge on any atom is 0.221 e. The summed E-state index contributed by atoms with van der Waals surface area (Å²) >= 11 is 0. The van der Waals surface area contributed by atoms with Crippen molar-refractivity contribution in [2.75, 3.05) is 39.3 Å². The lowest BCUT2D eigenvalue weighted by atomic mass is 9.97. The Labute approximate surface area is 165 Å². The first kappa shape index (κ1) is 22.0. The fraction of sp³-hybridized carbons (Fsp3) is 0.905. The van der Waals surface area contributed by atoms with Gasteiger partial charge in [-0.2, -0.15) is 0 Å². The number of carbonyl (C=O) groups is 1. The SMILES string of the molecule is CCNC(=NCCCN1CCCC(C(N)=O)C1)NCCCCC1CCCC1. The Balaban J connectivity index is 1.57. The number of amides is 1. The minimum atomic E-state index is -0.149.